The molecule has 0 spiro atoms. The average molecular weight is 287 g/mol. The molecule has 1 aromatic rings. The van der Waals surface area contributed by atoms with Gasteiger partial charge in [0.15, 0.2) is 0 Å². The van der Waals surface area contributed by atoms with E-state index in [1.54, 1.807) is 5.56 Å². The average Bonchev–Trinajstić information content (AvgIpc) is 2.68. The summed E-state index contributed by atoms with van der Waals surface area (Å²) in [4.78, 5) is 5.19. The van der Waals surface area contributed by atoms with E-state index in [9.17, 15) is 0 Å². The Labute approximate surface area is 129 Å². The first-order valence-electron chi connectivity index (χ1n) is 8.50. The van der Waals surface area contributed by atoms with E-state index in [2.05, 4.69) is 47.3 Å². The predicted octanol–water partition coefficient (Wildman–Crippen LogP) is 2.25. The SMILES string of the molecule is CCC1CN(C)CCCN1Cc1ccc2c(c1)CNCC2. The number of benzene rings is 1. The van der Waals surface area contributed by atoms with Gasteiger partial charge in [-0.05, 0) is 56.1 Å². The van der Waals surface area contributed by atoms with Gasteiger partial charge in [-0.3, -0.25) is 4.90 Å². The first-order valence-corrected chi connectivity index (χ1v) is 8.50. The van der Waals surface area contributed by atoms with Crippen molar-refractivity contribution in [2.45, 2.75) is 45.3 Å². The molecule has 3 heteroatoms. The van der Waals surface area contributed by atoms with Gasteiger partial charge in [-0.25, -0.2) is 0 Å². The number of hydrogen-bond donors (Lipinski definition) is 1. The summed E-state index contributed by atoms with van der Waals surface area (Å²) in [5.74, 6) is 0. The van der Waals surface area contributed by atoms with Crippen LogP contribution < -0.4 is 5.32 Å². The van der Waals surface area contributed by atoms with Crippen LogP contribution in [0.1, 0.15) is 36.5 Å². The van der Waals surface area contributed by atoms with E-state index in [-0.39, 0.29) is 0 Å². The Bertz CT molecular complexity index is 472. The molecular weight excluding hydrogens is 258 g/mol. The normalized spacial score (nSPS) is 24.6. The molecule has 1 atom stereocenters. The van der Waals surface area contributed by atoms with Crippen molar-refractivity contribution in [2.75, 3.05) is 33.2 Å². The van der Waals surface area contributed by atoms with Crippen molar-refractivity contribution in [3.05, 3.63) is 34.9 Å². The standard InChI is InChI=1S/C18H29N3/c1-3-18-14-20(2)9-4-10-21(18)13-15-5-6-16-7-8-19-12-17(16)11-15/h5-6,11,18-19H,3-4,7-10,12-14H2,1-2H3. The Balaban J connectivity index is 1.72. The van der Waals surface area contributed by atoms with E-state index in [4.69, 9.17) is 0 Å². The molecule has 1 unspecified atom stereocenters. The third-order valence-electron chi connectivity index (χ3n) is 5.04. The molecule has 0 bridgehead atoms. The maximum Gasteiger partial charge on any atom is 0.0237 e. The highest BCUT2D eigenvalue weighted by Crippen LogP contribution is 2.20. The molecule has 2 aliphatic rings. The van der Waals surface area contributed by atoms with Gasteiger partial charge in [0, 0.05) is 32.2 Å². The molecule has 3 nitrogen and oxygen atoms in total. The number of fused-ring (bicyclic) bond motifs is 1. The van der Waals surface area contributed by atoms with Crippen molar-refractivity contribution in [3.8, 4) is 0 Å². The summed E-state index contributed by atoms with van der Waals surface area (Å²) in [7, 11) is 2.26. The van der Waals surface area contributed by atoms with Crippen LogP contribution >= 0.6 is 0 Å². The number of nitrogens with one attached hydrogen (secondary N) is 1. The highest BCUT2D eigenvalue weighted by atomic mass is 15.2. The van der Waals surface area contributed by atoms with Crippen molar-refractivity contribution in [3.63, 3.8) is 0 Å². The molecular formula is C18H29N3. The molecule has 0 radical (unpaired) electrons. The van der Waals surface area contributed by atoms with Crippen LogP contribution in [0.4, 0.5) is 0 Å². The van der Waals surface area contributed by atoms with Gasteiger partial charge in [0.25, 0.3) is 0 Å². The molecule has 3 rings (SSSR count). The van der Waals surface area contributed by atoms with Crippen LogP contribution in [0, 0.1) is 0 Å². The van der Waals surface area contributed by atoms with E-state index in [1.807, 2.05) is 0 Å². The van der Waals surface area contributed by atoms with Gasteiger partial charge >= 0.3 is 0 Å². The molecule has 2 aliphatic heterocycles. The van der Waals surface area contributed by atoms with Crippen molar-refractivity contribution < 1.29 is 0 Å². The Hall–Kier alpha value is -0.900. The molecule has 0 saturated carbocycles. The van der Waals surface area contributed by atoms with Crippen LogP contribution in [0.2, 0.25) is 0 Å². The lowest BCUT2D eigenvalue weighted by Gasteiger charge is -2.30. The first-order chi connectivity index (χ1) is 10.3. The fourth-order valence-electron chi connectivity index (χ4n) is 3.75. The Morgan fingerprint density at radius 1 is 1.24 bits per heavy atom. The van der Waals surface area contributed by atoms with Gasteiger partial charge in [0.2, 0.25) is 0 Å². The Morgan fingerprint density at radius 2 is 2.14 bits per heavy atom. The molecule has 1 saturated heterocycles. The summed E-state index contributed by atoms with van der Waals surface area (Å²) < 4.78 is 0. The number of likely N-dealkylation sites (N-methyl/N-ethyl adjacent to an activating group) is 1. The van der Waals surface area contributed by atoms with Gasteiger partial charge in [0.05, 0.1) is 0 Å². The van der Waals surface area contributed by atoms with Crippen LogP contribution in [0.3, 0.4) is 0 Å². The molecule has 2 heterocycles. The van der Waals surface area contributed by atoms with Gasteiger partial charge in [0.1, 0.15) is 0 Å². The maximum atomic E-state index is 3.49. The summed E-state index contributed by atoms with van der Waals surface area (Å²) in [6, 6.07) is 7.84. The molecule has 1 aromatic carbocycles. The molecule has 0 amide bonds. The topological polar surface area (TPSA) is 18.5 Å². The van der Waals surface area contributed by atoms with E-state index in [0.29, 0.717) is 6.04 Å². The fraction of sp³-hybridized carbons (Fsp3) is 0.667. The van der Waals surface area contributed by atoms with Crippen LogP contribution in [0.5, 0.6) is 0 Å². The van der Waals surface area contributed by atoms with Crippen molar-refractivity contribution >= 4 is 0 Å². The zero-order valence-electron chi connectivity index (χ0n) is 13.6. The minimum absolute atomic E-state index is 0.701. The van der Waals surface area contributed by atoms with Crippen LogP contribution in [0.25, 0.3) is 0 Å². The largest absolute Gasteiger partial charge is 0.312 e. The second-order valence-electron chi connectivity index (χ2n) is 6.68. The van der Waals surface area contributed by atoms with E-state index >= 15 is 0 Å². The molecule has 21 heavy (non-hydrogen) atoms. The number of hydrogen-bond acceptors (Lipinski definition) is 3. The van der Waals surface area contributed by atoms with Gasteiger partial charge in [-0.2, -0.15) is 0 Å². The van der Waals surface area contributed by atoms with E-state index in [1.165, 1.54) is 50.0 Å². The molecule has 1 N–H and O–H groups in total. The predicted molar refractivity (Wildman–Crippen MR) is 88.5 cm³/mol. The molecule has 1 fully saturated rings. The lowest BCUT2D eigenvalue weighted by atomic mass is 9.98. The monoisotopic (exact) mass is 287 g/mol. The van der Waals surface area contributed by atoms with Gasteiger partial charge in [-0.1, -0.05) is 25.1 Å². The molecule has 0 aliphatic carbocycles. The van der Waals surface area contributed by atoms with Gasteiger partial charge in [-0.15, -0.1) is 0 Å². The lowest BCUT2D eigenvalue weighted by molar-refractivity contribution is 0.176. The highest BCUT2D eigenvalue weighted by Gasteiger charge is 2.22. The smallest absolute Gasteiger partial charge is 0.0237 e. The van der Waals surface area contributed by atoms with Crippen LogP contribution in [-0.2, 0) is 19.5 Å². The summed E-state index contributed by atoms with van der Waals surface area (Å²) >= 11 is 0. The lowest BCUT2D eigenvalue weighted by Crippen LogP contribution is -2.39. The third-order valence-corrected chi connectivity index (χ3v) is 5.04. The second-order valence-corrected chi connectivity index (χ2v) is 6.68. The van der Waals surface area contributed by atoms with E-state index < -0.39 is 0 Å². The molecule has 0 aromatic heterocycles. The van der Waals surface area contributed by atoms with Crippen LogP contribution in [-0.4, -0.2) is 49.1 Å². The third kappa shape index (κ3) is 3.65. The quantitative estimate of drug-likeness (QED) is 0.920. The molecule has 116 valence electrons. The Kier molecular flexibility index (Phi) is 4.94. The highest BCUT2D eigenvalue weighted by molar-refractivity contribution is 5.33. The summed E-state index contributed by atoms with van der Waals surface area (Å²) in [6.07, 6.45) is 3.72. The number of nitrogens with zero attached hydrogens (tertiary/aromatic N) is 2. The number of rotatable bonds is 3. The second kappa shape index (κ2) is 6.91. The van der Waals surface area contributed by atoms with Crippen molar-refractivity contribution in [1.82, 2.24) is 15.1 Å². The minimum Gasteiger partial charge on any atom is -0.312 e. The maximum absolute atomic E-state index is 3.49. The zero-order valence-corrected chi connectivity index (χ0v) is 13.6. The fourth-order valence-corrected chi connectivity index (χ4v) is 3.75. The van der Waals surface area contributed by atoms with Crippen molar-refractivity contribution in [2.24, 2.45) is 0 Å². The zero-order chi connectivity index (χ0) is 14.7. The first kappa shape index (κ1) is 15.0. The van der Waals surface area contributed by atoms with E-state index in [0.717, 1.165) is 19.6 Å². The Morgan fingerprint density at radius 3 is 3.00 bits per heavy atom. The van der Waals surface area contributed by atoms with Crippen LogP contribution in [0.15, 0.2) is 18.2 Å². The summed E-state index contributed by atoms with van der Waals surface area (Å²) in [6.45, 7) is 9.29. The van der Waals surface area contributed by atoms with Crippen molar-refractivity contribution in [1.29, 1.82) is 0 Å². The van der Waals surface area contributed by atoms with Gasteiger partial charge < -0.3 is 10.2 Å². The minimum atomic E-state index is 0.701. The summed E-state index contributed by atoms with van der Waals surface area (Å²) in [5, 5.41) is 3.49. The summed E-state index contributed by atoms with van der Waals surface area (Å²) in [5.41, 5.74) is 4.54.